The van der Waals surface area contributed by atoms with Crippen LogP contribution in [0.4, 0.5) is 4.79 Å². The molecule has 0 radical (unpaired) electrons. The molecular weight excluding hydrogens is 204 g/mol. The van der Waals surface area contributed by atoms with E-state index >= 15 is 0 Å². The first-order valence-corrected chi connectivity index (χ1v) is 6.16. The van der Waals surface area contributed by atoms with Crippen molar-refractivity contribution in [1.82, 2.24) is 10.2 Å². The molecule has 0 aliphatic carbocycles. The number of hydrogen-bond donors (Lipinski definition) is 2. The van der Waals surface area contributed by atoms with Crippen LogP contribution in [0.25, 0.3) is 0 Å². The molecule has 16 heavy (non-hydrogen) atoms. The number of carboxylic acid groups (broad SMARTS) is 1. The Hall–Kier alpha value is -0.770. The van der Waals surface area contributed by atoms with Crippen molar-refractivity contribution in [2.45, 2.75) is 70.1 Å². The van der Waals surface area contributed by atoms with E-state index in [1.807, 2.05) is 20.8 Å². The highest BCUT2D eigenvalue weighted by Gasteiger charge is 2.41. The molecule has 0 unspecified atom stereocenters. The van der Waals surface area contributed by atoms with Crippen molar-refractivity contribution in [3.8, 4) is 0 Å². The second-order valence-electron chi connectivity index (χ2n) is 6.09. The molecule has 2 aliphatic heterocycles. The molecule has 4 heteroatoms. The third kappa shape index (κ3) is 2.17. The summed E-state index contributed by atoms with van der Waals surface area (Å²) in [6, 6.07) is 1.26. The smallest absolute Gasteiger partial charge is 0.407 e. The molecule has 0 aromatic heterocycles. The van der Waals surface area contributed by atoms with Gasteiger partial charge in [0.2, 0.25) is 0 Å². The van der Waals surface area contributed by atoms with Crippen molar-refractivity contribution < 1.29 is 9.90 Å². The highest BCUT2D eigenvalue weighted by molar-refractivity contribution is 5.66. The van der Waals surface area contributed by atoms with Gasteiger partial charge < -0.3 is 15.3 Å². The number of rotatable bonds is 1. The molecule has 4 nitrogen and oxygen atoms in total. The molecule has 2 rings (SSSR count). The largest absolute Gasteiger partial charge is 0.465 e. The van der Waals surface area contributed by atoms with Gasteiger partial charge >= 0.3 is 6.09 Å². The van der Waals surface area contributed by atoms with E-state index in [-0.39, 0.29) is 11.6 Å². The molecule has 2 heterocycles. The Kier molecular flexibility index (Phi) is 2.86. The third-order valence-corrected chi connectivity index (χ3v) is 3.74. The fourth-order valence-corrected chi connectivity index (χ4v) is 3.23. The molecule has 1 amide bonds. The van der Waals surface area contributed by atoms with Crippen LogP contribution in [0, 0.1) is 0 Å². The van der Waals surface area contributed by atoms with Gasteiger partial charge in [0.25, 0.3) is 0 Å². The maximum atomic E-state index is 11.4. The van der Waals surface area contributed by atoms with Crippen molar-refractivity contribution in [1.29, 1.82) is 0 Å². The number of nitrogens with zero attached hydrogens (tertiary/aromatic N) is 1. The number of nitrogens with one attached hydrogen (secondary N) is 1. The predicted octanol–water partition coefficient (Wildman–Crippen LogP) is 2.05. The van der Waals surface area contributed by atoms with Crippen LogP contribution in [0.3, 0.4) is 0 Å². The van der Waals surface area contributed by atoms with E-state index < -0.39 is 6.09 Å². The maximum Gasteiger partial charge on any atom is 0.407 e. The summed E-state index contributed by atoms with van der Waals surface area (Å²) in [6.07, 6.45) is 3.58. The number of carbonyl (C=O) groups is 1. The molecule has 92 valence electrons. The van der Waals surface area contributed by atoms with E-state index in [0.29, 0.717) is 12.1 Å². The Morgan fingerprint density at radius 2 is 1.75 bits per heavy atom. The number of amides is 1. The monoisotopic (exact) mass is 226 g/mol. The fraction of sp³-hybridized carbons (Fsp3) is 0.917. The molecule has 2 N–H and O–H groups in total. The maximum absolute atomic E-state index is 11.4. The quantitative estimate of drug-likeness (QED) is 0.719. The Bertz CT molecular complexity index is 273. The molecule has 2 bridgehead atoms. The zero-order valence-corrected chi connectivity index (χ0v) is 10.4. The van der Waals surface area contributed by atoms with Crippen LogP contribution in [0.2, 0.25) is 0 Å². The molecule has 2 atom stereocenters. The summed E-state index contributed by atoms with van der Waals surface area (Å²) >= 11 is 0. The van der Waals surface area contributed by atoms with Gasteiger partial charge in [-0.05, 0) is 46.5 Å². The summed E-state index contributed by atoms with van der Waals surface area (Å²) in [5, 5.41) is 12.9. The van der Waals surface area contributed by atoms with Crippen molar-refractivity contribution in [2.24, 2.45) is 0 Å². The van der Waals surface area contributed by atoms with Crippen LogP contribution in [-0.4, -0.2) is 39.8 Å². The van der Waals surface area contributed by atoms with E-state index in [2.05, 4.69) is 5.32 Å². The lowest BCUT2D eigenvalue weighted by Crippen LogP contribution is -2.56. The summed E-state index contributed by atoms with van der Waals surface area (Å²) in [4.78, 5) is 13.0. The minimum atomic E-state index is -0.779. The van der Waals surface area contributed by atoms with E-state index in [9.17, 15) is 9.90 Å². The highest BCUT2D eigenvalue weighted by atomic mass is 16.4. The average Bonchev–Trinajstić information content (AvgIpc) is 2.42. The Balaban J connectivity index is 2.12. The van der Waals surface area contributed by atoms with Gasteiger partial charge in [-0.1, -0.05) is 0 Å². The van der Waals surface area contributed by atoms with Gasteiger partial charge in [0.1, 0.15) is 0 Å². The first-order chi connectivity index (χ1) is 7.38. The van der Waals surface area contributed by atoms with Crippen LogP contribution in [0.15, 0.2) is 0 Å². The Labute approximate surface area is 97.0 Å². The van der Waals surface area contributed by atoms with Crippen molar-refractivity contribution in [2.75, 3.05) is 0 Å². The van der Waals surface area contributed by atoms with E-state index in [1.54, 1.807) is 4.90 Å². The molecule has 2 saturated heterocycles. The minimum absolute atomic E-state index is 0.191. The predicted molar refractivity (Wildman–Crippen MR) is 62.6 cm³/mol. The van der Waals surface area contributed by atoms with Gasteiger partial charge in [0, 0.05) is 23.7 Å². The number of piperidine rings is 1. The van der Waals surface area contributed by atoms with Crippen LogP contribution >= 0.6 is 0 Å². The van der Waals surface area contributed by atoms with Crippen LogP contribution in [0.5, 0.6) is 0 Å². The molecule has 2 aliphatic rings. The topological polar surface area (TPSA) is 52.6 Å². The highest BCUT2D eigenvalue weighted by Crippen LogP contribution is 2.32. The Morgan fingerprint density at radius 1 is 1.25 bits per heavy atom. The minimum Gasteiger partial charge on any atom is -0.465 e. The summed E-state index contributed by atoms with van der Waals surface area (Å²) in [6.45, 7) is 5.93. The van der Waals surface area contributed by atoms with Crippen molar-refractivity contribution in [3.63, 3.8) is 0 Å². The second-order valence-corrected chi connectivity index (χ2v) is 6.09. The number of fused-ring (bicyclic) bond motifs is 2. The second kappa shape index (κ2) is 3.91. The molecule has 0 saturated carbocycles. The van der Waals surface area contributed by atoms with E-state index in [4.69, 9.17) is 0 Å². The van der Waals surface area contributed by atoms with Crippen LogP contribution in [-0.2, 0) is 0 Å². The molecule has 0 spiro atoms. The van der Waals surface area contributed by atoms with Gasteiger partial charge in [0.15, 0.2) is 0 Å². The zero-order chi connectivity index (χ0) is 11.9. The lowest BCUT2D eigenvalue weighted by molar-refractivity contribution is 0.0521. The van der Waals surface area contributed by atoms with E-state index in [0.717, 1.165) is 12.8 Å². The summed E-state index contributed by atoms with van der Waals surface area (Å²) in [5.74, 6) is 0. The Morgan fingerprint density at radius 3 is 2.12 bits per heavy atom. The summed E-state index contributed by atoms with van der Waals surface area (Å²) in [7, 11) is 0. The first kappa shape index (κ1) is 11.7. The van der Waals surface area contributed by atoms with E-state index in [1.165, 1.54) is 12.8 Å². The van der Waals surface area contributed by atoms with Crippen molar-refractivity contribution >= 4 is 6.09 Å². The summed E-state index contributed by atoms with van der Waals surface area (Å²) in [5.41, 5.74) is -0.298. The lowest BCUT2D eigenvalue weighted by atomic mass is 9.94. The average molecular weight is 226 g/mol. The van der Waals surface area contributed by atoms with Gasteiger partial charge in [-0.3, -0.25) is 0 Å². The van der Waals surface area contributed by atoms with Gasteiger partial charge in [-0.25, -0.2) is 4.79 Å². The van der Waals surface area contributed by atoms with Gasteiger partial charge in [-0.2, -0.15) is 0 Å². The molecular formula is C12H22N2O2. The summed E-state index contributed by atoms with van der Waals surface area (Å²) < 4.78 is 0. The standard InChI is InChI=1S/C12H22N2O2/c1-12(2,3)14(11(15)16)10-6-8-4-5-9(7-10)13-8/h8-10,13H,4-7H2,1-3H3,(H,15,16)/t8-,9-/m0/s1. The van der Waals surface area contributed by atoms with Crippen molar-refractivity contribution in [3.05, 3.63) is 0 Å². The molecule has 0 aromatic rings. The number of hydrogen-bond acceptors (Lipinski definition) is 2. The lowest BCUT2D eigenvalue weighted by Gasteiger charge is -2.43. The van der Waals surface area contributed by atoms with Crippen LogP contribution < -0.4 is 5.32 Å². The molecule has 0 aromatic carbocycles. The fourth-order valence-electron chi connectivity index (χ4n) is 3.23. The SMILES string of the molecule is CC(C)(C)N(C(=O)O)C1C[C@@H]2CC[C@@H](C1)N2. The molecule has 2 fully saturated rings. The first-order valence-electron chi connectivity index (χ1n) is 6.16. The normalized spacial score (nSPS) is 33.8. The third-order valence-electron chi connectivity index (χ3n) is 3.74. The zero-order valence-electron chi connectivity index (χ0n) is 10.4. The van der Waals surface area contributed by atoms with Gasteiger partial charge in [0.05, 0.1) is 0 Å². The van der Waals surface area contributed by atoms with Crippen LogP contribution in [0.1, 0.15) is 46.5 Å². The van der Waals surface area contributed by atoms with Gasteiger partial charge in [-0.15, -0.1) is 0 Å².